The lowest BCUT2D eigenvalue weighted by atomic mass is 9.44. The Labute approximate surface area is 166 Å². The number of esters is 1. The maximum Gasteiger partial charge on any atom is 0.309 e. The van der Waals surface area contributed by atoms with Crippen LogP contribution < -0.4 is 0 Å². The van der Waals surface area contributed by atoms with Gasteiger partial charge in [-0.1, -0.05) is 30.2 Å². The smallest absolute Gasteiger partial charge is 0.309 e. The molecule has 5 heteroatoms. The lowest BCUT2D eigenvalue weighted by Crippen LogP contribution is -2.74. The number of piperidine rings is 1. The molecular formula is C23H31NO4. The summed E-state index contributed by atoms with van der Waals surface area (Å²) in [7, 11) is 1.48. The van der Waals surface area contributed by atoms with E-state index in [1.54, 1.807) is 0 Å². The van der Waals surface area contributed by atoms with Crippen molar-refractivity contribution in [1.82, 2.24) is 4.90 Å². The summed E-state index contributed by atoms with van der Waals surface area (Å²) < 4.78 is 5.23. The van der Waals surface area contributed by atoms with Gasteiger partial charge in [0.05, 0.1) is 19.6 Å². The maximum absolute atomic E-state index is 12.8. The molecule has 28 heavy (non-hydrogen) atoms. The average molecular weight is 386 g/mol. The molecule has 2 heterocycles. The number of carbonyl (C=O) groups is 1. The summed E-state index contributed by atoms with van der Waals surface area (Å²) in [4.78, 5) is 15.2. The molecule has 4 aliphatic carbocycles. The molecule has 4 bridgehead atoms. The van der Waals surface area contributed by atoms with Gasteiger partial charge < -0.3 is 14.9 Å². The van der Waals surface area contributed by atoms with Crippen molar-refractivity contribution in [3.05, 3.63) is 23.3 Å². The van der Waals surface area contributed by atoms with Crippen LogP contribution in [-0.2, 0) is 9.53 Å². The van der Waals surface area contributed by atoms with Gasteiger partial charge in [0.25, 0.3) is 0 Å². The second-order valence-corrected chi connectivity index (χ2v) is 10.3. The van der Waals surface area contributed by atoms with Gasteiger partial charge in [-0.15, -0.1) is 0 Å². The van der Waals surface area contributed by atoms with Crippen LogP contribution in [0.2, 0.25) is 0 Å². The predicted molar refractivity (Wildman–Crippen MR) is 103 cm³/mol. The van der Waals surface area contributed by atoms with Gasteiger partial charge in [-0.25, -0.2) is 0 Å². The van der Waals surface area contributed by atoms with E-state index in [1.807, 2.05) is 0 Å². The van der Waals surface area contributed by atoms with Crippen molar-refractivity contribution in [2.75, 3.05) is 26.8 Å². The normalized spacial score (nSPS) is 53.4. The number of hydrogen-bond acceptors (Lipinski definition) is 5. The zero-order valence-corrected chi connectivity index (χ0v) is 16.9. The van der Waals surface area contributed by atoms with E-state index in [0.717, 1.165) is 38.8 Å². The standard InChI is InChI=1S/C23H31NO4/c1-13-10-24-11-15-5-3-14-4-6-16-17(20(26)28-2)9-22(19(14)16)21(15,12-25)8-7-18(13)23(22,24)27/h7-8,13,15-18,25,27H,3-6,9-12H2,1-2H3/t13-,15?,16-,17-,18?,21+,22?,23?/m1/s1. The SMILES string of the molecule is COC(=O)[C@@H]1CC23C4=C(CCC5CN6C[C@@H](C)C(C=C[C@]52CO)C63O)CC[C@@H]41. The van der Waals surface area contributed by atoms with Crippen LogP contribution in [0.4, 0.5) is 0 Å². The molecule has 1 spiro atoms. The molecule has 0 aromatic heterocycles. The first-order valence-electron chi connectivity index (χ1n) is 11.0. The fourth-order valence-electron chi connectivity index (χ4n) is 8.91. The first kappa shape index (κ1) is 17.7. The molecule has 0 amide bonds. The number of ether oxygens (including phenoxy) is 1. The summed E-state index contributed by atoms with van der Waals surface area (Å²) in [6, 6.07) is 0. The van der Waals surface area contributed by atoms with Crippen LogP contribution in [0.15, 0.2) is 23.3 Å². The van der Waals surface area contributed by atoms with Crippen molar-refractivity contribution in [2.45, 2.75) is 44.8 Å². The minimum atomic E-state index is -1.00. The third-order valence-electron chi connectivity index (χ3n) is 9.80. The lowest BCUT2D eigenvalue weighted by molar-refractivity contribution is -0.270. The zero-order chi connectivity index (χ0) is 19.5. The number of allylic oxidation sites excluding steroid dienone is 1. The largest absolute Gasteiger partial charge is 0.469 e. The molecule has 5 nitrogen and oxygen atoms in total. The molecule has 8 atom stereocenters. The second kappa shape index (κ2) is 5.30. The van der Waals surface area contributed by atoms with Crippen LogP contribution in [0.25, 0.3) is 0 Å². The minimum Gasteiger partial charge on any atom is -0.469 e. The van der Waals surface area contributed by atoms with Crippen molar-refractivity contribution in [1.29, 1.82) is 0 Å². The van der Waals surface area contributed by atoms with E-state index < -0.39 is 16.6 Å². The van der Waals surface area contributed by atoms with E-state index in [4.69, 9.17) is 4.74 Å². The highest BCUT2D eigenvalue weighted by atomic mass is 16.5. The summed E-state index contributed by atoms with van der Waals surface area (Å²) >= 11 is 0. The van der Waals surface area contributed by atoms with Crippen LogP contribution in [0, 0.1) is 40.4 Å². The van der Waals surface area contributed by atoms with E-state index in [-0.39, 0.29) is 30.3 Å². The fraction of sp³-hybridized carbons (Fsp3) is 0.783. The van der Waals surface area contributed by atoms with Gasteiger partial charge in [0.1, 0.15) is 5.72 Å². The summed E-state index contributed by atoms with van der Waals surface area (Å²) in [6.07, 6.45) is 9.22. The third kappa shape index (κ3) is 1.57. The van der Waals surface area contributed by atoms with Crippen LogP contribution in [-0.4, -0.2) is 53.6 Å². The van der Waals surface area contributed by atoms with Gasteiger partial charge in [-0.2, -0.15) is 0 Å². The molecule has 6 rings (SSSR count). The summed E-state index contributed by atoms with van der Waals surface area (Å²) in [5.41, 5.74) is 0.779. The highest BCUT2D eigenvalue weighted by Gasteiger charge is 2.80. The number of methoxy groups -OCH3 is 1. The highest BCUT2D eigenvalue weighted by molar-refractivity contribution is 5.75. The Hall–Kier alpha value is -1.17. The average Bonchev–Trinajstić information content (AvgIpc) is 3.31. The predicted octanol–water partition coefficient (Wildman–Crippen LogP) is 2.10. The quantitative estimate of drug-likeness (QED) is 0.563. The number of aliphatic hydroxyl groups is 2. The van der Waals surface area contributed by atoms with Gasteiger partial charge in [0.15, 0.2) is 0 Å². The van der Waals surface area contributed by atoms with Crippen LogP contribution >= 0.6 is 0 Å². The molecule has 152 valence electrons. The Morgan fingerprint density at radius 1 is 1.32 bits per heavy atom. The van der Waals surface area contributed by atoms with E-state index in [9.17, 15) is 15.0 Å². The molecule has 3 fully saturated rings. The Bertz CT molecular complexity index is 819. The second-order valence-electron chi connectivity index (χ2n) is 10.3. The van der Waals surface area contributed by atoms with Gasteiger partial charge in [0.2, 0.25) is 0 Å². The first-order valence-corrected chi connectivity index (χ1v) is 11.0. The summed E-state index contributed by atoms with van der Waals surface area (Å²) in [5.74, 6) is 0.556. The van der Waals surface area contributed by atoms with Gasteiger partial charge >= 0.3 is 5.97 Å². The van der Waals surface area contributed by atoms with Crippen molar-refractivity contribution in [3.8, 4) is 0 Å². The van der Waals surface area contributed by atoms with Gasteiger partial charge in [0, 0.05) is 29.8 Å². The zero-order valence-electron chi connectivity index (χ0n) is 16.9. The topological polar surface area (TPSA) is 70.0 Å². The molecule has 2 saturated heterocycles. The summed E-state index contributed by atoms with van der Waals surface area (Å²) in [6.45, 7) is 4.02. The van der Waals surface area contributed by atoms with E-state index in [1.165, 1.54) is 18.3 Å². The molecule has 4 unspecified atom stereocenters. The Balaban J connectivity index is 1.68. The molecule has 0 aromatic rings. The van der Waals surface area contributed by atoms with E-state index >= 15 is 0 Å². The molecule has 2 N–H and O–H groups in total. The maximum atomic E-state index is 12.8. The third-order valence-corrected chi connectivity index (χ3v) is 9.80. The number of nitrogens with zero attached hydrogens (tertiary/aromatic N) is 1. The molecule has 1 saturated carbocycles. The van der Waals surface area contributed by atoms with Crippen LogP contribution in [0.5, 0.6) is 0 Å². The Morgan fingerprint density at radius 2 is 2.11 bits per heavy atom. The Morgan fingerprint density at radius 3 is 2.86 bits per heavy atom. The van der Waals surface area contributed by atoms with Crippen molar-refractivity contribution < 1.29 is 19.7 Å². The lowest BCUT2D eigenvalue weighted by Gasteiger charge is -2.67. The molecular weight excluding hydrogens is 354 g/mol. The number of aliphatic hydroxyl groups excluding tert-OH is 1. The molecule has 0 aromatic carbocycles. The monoisotopic (exact) mass is 385 g/mol. The van der Waals surface area contributed by atoms with Crippen LogP contribution in [0.1, 0.15) is 39.0 Å². The minimum absolute atomic E-state index is 0.0445. The van der Waals surface area contributed by atoms with Crippen molar-refractivity contribution in [3.63, 3.8) is 0 Å². The van der Waals surface area contributed by atoms with Crippen molar-refractivity contribution in [2.24, 2.45) is 40.4 Å². The number of rotatable bonds is 2. The molecule has 2 aliphatic heterocycles. The fourth-order valence-corrected chi connectivity index (χ4v) is 8.91. The molecule has 0 radical (unpaired) electrons. The van der Waals surface area contributed by atoms with Gasteiger partial charge in [-0.05, 0) is 49.9 Å². The first-order chi connectivity index (χ1) is 13.4. The molecule has 6 aliphatic rings. The highest BCUT2D eigenvalue weighted by Crippen LogP contribution is 2.78. The van der Waals surface area contributed by atoms with E-state index in [0.29, 0.717) is 18.3 Å². The number of carbonyl (C=O) groups excluding carboxylic acids is 1. The van der Waals surface area contributed by atoms with E-state index in [2.05, 4.69) is 24.0 Å². The van der Waals surface area contributed by atoms with Gasteiger partial charge in [-0.3, -0.25) is 9.69 Å². The summed E-state index contributed by atoms with van der Waals surface area (Å²) in [5, 5.41) is 23.5. The van der Waals surface area contributed by atoms with Crippen molar-refractivity contribution >= 4 is 5.97 Å². The number of hydrogen-bond donors (Lipinski definition) is 2. The Kier molecular flexibility index (Phi) is 3.34. The van der Waals surface area contributed by atoms with Crippen LogP contribution in [0.3, 0.4) is 0 Å².